The van der Waals surface area contributed by atoms with Crippen molar-refractivity contribution in [1.82, 2.24) is 9.78 Å². The molecular weight excluding hydrogens is 376 g/mol. The van der Waals surface area contributed by atoms with Crippen molar-refractivity contribution in [2.75, 3.05) is 10.5 Å². The lowest BCUT2D eigenvalue weighted by atomic mass is 10.1. The maximum atomic E-state index is 12.6. The molecule has 1 aromatic heterocycles. The van der Waals surface area contributed by atoms with E-state index in [0.717, 1.165) is 5.56 Å². The minimum Gasteiger partial charge on any atom is -0.284 e. The maximum absolute atomic E-state index is 12.6. The summed E-state index contributed by atoms with van der Waals surface area (Å²) >= 11 is 0. The molecule has 0 unspecified atom stereocenters. The van der Waals surface area contributed by atoms with Gasteiger partial charge in [0.1, 0.15) is 0 Å². The van der Waals surface area contributed by atoms with Gasteiger partial charge in [-0.05, 0) is 55.8 Å². The van der Waals surface area contributed by atoms with E-state index >= 15 is 0 Å². The van der Waals surface area contributed by atoms with E-state index in [4.69, 9.17) is 5.26 Å². The Hall–Kier alpha value is -3.44. The molecule has 142 valence electrons. The highest BCUT2D eigenvalue weighted by Gasteiger charge is 2.11. The quantitative estimate of drug-likeness (QED) is 0.716. The van der Waals surface area contributed by atoms with Crippen LogP contribution in [0.5, 0.6) is 0 Å². The fraction of sp³-hybridized carbons (Fsp3) is 0.150. The Morgan fingerprint density at radius 1 is 1.11 bits per heavy atom. The molecule has 1 heterocycles. The van der Waals surface area contributed by atoms with Crippen LogP contribution in [0.1, 0.15) is 18.2 Å². The molecule has 0 aliphatic rings. The molecule has 0 aliphatic heterocycles. The third-order valence-electron chi connectivity index (χ3n) is 4.21. The van der Waals surface area contributed by atoms with Gasteiger partial charge in [0.15, 0.2) is 0 Å². The van der Waals surface area contributed by atoms with Gasteiger partial charge in [0, 0.05) is 17.3 Å². The van der Waals surface area contributed by atoms with E-state index in [2.05, 4.69) is 9.82 Å². The van der Waals surface area contributed by atoms with Crippen LogP contribution in [0.15, 0.2) is 59.4 Å². The Bertz CT molecular complexity index is 1210. The highest BCUT2D eigenvalue weighted by atomic mass is 32.2. The monoisotopic (exact) mass is 394 g/mol. The number of aryl methyl sites for hydroxylation is 1. The molecule has 0 bridgehead atoms. The van der Waals surface area contributed by atoms with E-state index in [1.807, 2.05) is 6.07 Å². The summed E-state index contributed by atoms with van der Waals surface area (Å²) in [6.45, 7) is 3.36. The number of sulfonamides is 1. The Balaban J connectivity index is 1.94. The molecule has 3 aromatic rings. The first kappa shape index (κ1) is 19.3. The van der Waals surface area contributed by atoms with Crippen LogP contribution in [-0.4, -0.2) is 24.0 Å². The third-order valence-corrected chi connectivity index (χ3v) is 5.51. The van der Waals surface area contributed by atoms with Crippen LogP contribution < -0.4 is 10.3 Å². The fourth-order valence-electron chi connectivity index (χ4n) is 2.67. The minimum atomic E-state index is -3.34. The molecular formula is C20H18N4O3S. The molecule has 0 saturated carbocycles. The molecule has 7 nitrogen and oxygen atoms in total. The number of nitrogens with zero attached hydrogens (tertiary/aromatic N) is 3. The lowest BCUT2D eigenvalue weighted by Gasteiger charge is -2.11. The van der Waals surface area contributed by atoms with Crippen LogP contribution in [0.25, 0.3) is 16.8 Å². The second-order valence-electron chi connectivity index (χ2n) is 6.13. The fourth-order valence-corrected chi connectivity index (χ4v) is 3.31. The van der Waals surface area contributed by atoms with Gasteiger partial charge in [-0.1, -0.05) is 12.1 Å². The molecule has 0 fully saturated rings. The first-order chi connectivity index (χ1) is 13.3. The zero-order chi connectivity index (χ0) is 20.3. The largest absolute Gasteiger partial charge is 0.284 e. The first-order valence-corrected chi connectivity index (χ1v) is 10.2. The van der Waals surface area contributed by atoms with Crippen molar-refractivity contribution in [3.8, 4) is 22.9 Å². The lowest BCUT2D eigenvalue weighted by molar-refractivity contribution is 0.602. The van der Waals surface area contributed by atoms with Gasteiger partial charge < -0.3 is 0 Å². The number of hydrogen-bond acceptors (Lipinski definition) is 5. The molecule has 0 atom stereocenters. The number of nitrogens with one attached hydrogen (secondary N) is 1. The number of benzene rings is 2. The Labute approximate surface area is 162 Å². The van der Waals surface area contributed by atoms with Crippen LogP contribution in [0, 0.1) is 18.3 Å². The summed E-state index contributed by atoms with van der Waals surface area (Å²) in [6, 6.07) is 16.9. The van der Waals surface area contributed by atoms with Crippen LogP contribution in [0.3, 0.4) is 0 Å². The normalized spacial score (nSPS) is 11.0. The van der Waals surface area contributed by atoms with Crippen LogP contribution in [0.2, 0.25) is 0 Å². The van der Waals surface area contributed by atoms with Gasteiger partial charge in [0.2, 0.25) is 10.0 Å². The first-order valence-electron chi connectivity index (χ1n) is 8.55. The van der Waals surface area contributed by atoms with Gasteiger partial charge in [-0.3, -0.25) is 9.52 Å². The van der Waals surface area contributed by atoms with E-state index in [9.17, 15) is 13.2 Å². The Morgan fingerprint density at radius 2 is 1.75 bits per heavy atom. The average Bonchev–Trinajstić information content (AvgIpc) is 2.70. The molecule has 28 heavy (non-hydrogen) atoms. The lowest BCUT2D eigenvalue weighted by Crippen LogP contribution is -2.21. The van der Waals surface area contributed by atoms with Crippen molar-refractivity contribution < 1.29 is 8.42 Å². The van der Waals surface area contributed by atoms with Crippen molar-refractivity contribution in [3.05, 3.63) is 76.2 Å². The molecule has 0 saturated heterocycles. The summed E-state index contributed by atoms with van der Waals surface area (Å²) in [4.78, 5) is 12.6. The standard InChI is InChI=1S/C20H18N4O3S/c1-3-28(26,27)23-17-8-6-16(7-9-17)19-12-20(25)24(22-14(19)2)18-10-4-15(13-21)5-11-18/h4-12,23H,3H2,1-2H3. The van der Waals surface area contributed by atoms with Crippen LogP contribution in [0.4, 0.5) is 5.69 Å². The topological polar surface area (TPSA) is 105 Å². The molecule has 0 radical (unpaired) electrons. The van der Waals surface area contributed by atoms with Gasteiger partial charge in [0.25, 0.3) is 5.56 Å². The molecule has 2 aromatic carbocycles. The van der Waals surface area contributed by atoms with Gasteiger partial charge in [-0.15, -0.1) is 0 Å². The van der Waals surface area contributed by atoms with E-state index in [1.54, 1.807) is 62.4 Å². The van der Waals surface area contributed by atoms with Crippen LogP contribution >= 0.6 is 0 Å². The predicted octanol–water partition coefficient (Wildman–Crippen LogP) is 2.84. The smallest absolute Gasteiger partial charge is 0.272 e. The Kier molecular flexibility index (Phi) is 5.29. The molecule has 0 aliphatic carbocycles. The Morgan fingerprint density at radius 3 is 2.32 bits per heavy atom. The molecule has 3 rings (SSSR count). The summed E-state index contributed by atoms with van der Waals surface area (Å²) in [7, 11) is -3.34. The second-order valence-corrected chi connectivity index (χ2v) is 8.15. The number of rotatable bonds is 5. The summed E-state index contributed by atoms with van der Waals surface area (Å²) in [5.74, 6) is -0.00858. The van der Waals surface area contributed by atoms with E-state index in [0.29, 0.717) is 28.2 Å². The number of nitriles is 1. The third kappa shape index (κ3) is 4.10. The summed E-state index contributed by atoms with van der Waals surface area (Å²) < 4.78 is 27.1. The van der Waals surface area contributed by atoms with E-state index in [-0.39, 0.29) is 11.3 Å². The van der Waals surface area contributed by atoms with E-state index < -0.39 is 10.0 Å². The number of aromatic nitrogens is 2. The van der Waals surface area contributed by atoms with Crippen molar-refractivity contribution in [2.45, 2.75) is 13.8 Å². The zero-order valence-electron chi connectivity index (χ0n) is 15.4. The van der Waals surface area contributed by atoms with Gasteiger partial charge >= 0.3 is 0 Å². The number of anilines is 1. The molecule has 0 spiro atoms. The molecule has 8 heteroatoms. The van der Waals surface area contributed by atoms with Crippen molar-refractivity contribution in [3.63, 3.8) is 0 Å². The summed E-state index contributed by atoms with van der Waals surface area (Å²) in [6.07, 6.45) is 0. The maximum Gasteiger partial charge on any atom is 0.272 e. The van der Waals surface area contributed by atoms with Gasteiger partial charge in [-0.25, -0.2) is 8.42 Å². The summed E-state index contributed by atoms with van der Waals surface area (Å²) in [5.41, 5.74) is 3.30. The molecule has 0 amide bonds. The highest BCUT2D eigenvalue weighted by Crippen LogP contribution is 2.23. The predicted molar refractivity (Wildman–Crippen MR) is 108 cm³/mol. The highest BCUT2D eigenvalue weighted by molar-refractivity contribution is 7.92. The SMILES string of the molecule is CCS(=O)(=O)Nc1ccc(-c2cc(=O)n(-c3ccc(C#N)cc3)nc2C)cc1. The van der Waals surface area contributed by atoms with Crippen molar-refractivity contribution in [2.24, 2.45) is 0 Å². The zero-order valence-corrected chi connectivity index (χ0v) is 16.2. The van der Waals surface area contributed by atoms with Gasteiger partial charge in [-0.2, -0.15) is 15.0 Å². The van der Waals surface area contributed by atoms with E-state index in [1.165, 1.54) is 10.7 Å². The molecule has 1 N–H and O–H groups in total. The summed E-state index contributed by atoms with van der Waals surface area (Å²) in [5, 5.41) is 13.3. The minimum absolute atomic E-state index is 0.00858. The van der Waals surface area contributed by atoms with Crippen LogP contribution in [-0.2, 0) is 10.0 Å². The second kappa shape index (κ2) is 7.66. The van der Waals surface area contributed by atoms with Gasteiger partial charge in [0.05, 0.1) is 28.8 Å². The van der Waals surface area contributed by atoms with Crippen molar-refractivity contribution in [1.29, 1.82) is 5.26 Å². The average molecular weight is 394 g/mol. The van der Waals surface area contributed by atoms with Crippen molar-refractivity contribution >= 4 is 15.7 Å². The number of hydrogen-bond donors (Lipinski definition) is 1.